The molecule has 0 fully saturated rings. The van der Waals surface area contributed by atoms with Gasteiger partial charge in [-0.25, -0.2) is 4.79 Å². The molecule has 0 bridgehead atoms. The van der Waals surface area contributed by atoms with Crippen LogP contribution in [0.4, 0.5) is 0 Å². The van der Waals surface area contributed by atoms with Crippen LogP contribution in [0.5, 0.6) is 0 Å². The Bertz CT molecular complexity index is 447. The van der Waals surface area contributed by atoms with Gasteiger partial charge in [-0.1, -0.05) is 22.0 Å². The predicted octanol–water partition coefficient (Wildman–Crippen LogP) is 1.92. The van der Waals surface area contributed by atoms with Crippen LogP contribution in [0.2, 0.25) is 0 Å². The minimum atomic E-state index is -1.59. The van der Waals surface area contributed by atoms with E-state index in [4.69, 9.17) is 5.11 Å². The number of aliphatic hydroxyl groups is 1. The molecule has 6 heteroatoms. The molecule has 0 saturated carbocycles. The summed E-state index contributed by atoms with van der Waals surface area (Å²) in [6.07, 6.45) is -1.48. The third-order valence-corrected chi connectivity index (χ3v) is 3.47. The molecule has 1 unspecified atom stereocenters. The fraction of sp³-hybridized carbons (Fsp3) is 0.273. The number of aliphatic carboxylic acids is 1. The zero-order valence-corrected chi connectivity index (χ0v) is 12.4. The maximum atomic E-state index is 11.3. The third-order valence-electron chi connectivity index (χ3n) is 2.17. The molecule has 0 aromatic heterocycles. The van der Waals surface area contributed by atoms with Crippen LogP contribution in [0, 0.1) is 3.57 Å². The summed E-state index contributed by atoms with van der Waals surface area (Å²) in [5.74, 6) is -1.38. The van der Waals surface area contributed by atoms with E-state index >= 15 is 0 Å². The van der Waals surface area contributed by atoms with Gasteiger partial charge in [0.15, 0.2) is 6.10 Å². The summed E-state index contributed by atoms with van der Waals surface area (Å²) in [4.78, 5) is 22.1. The number of alkyl halides is 1. The van der Waals surface area contributed by atoms with E-state index in [1.165, 1.54) is 0 Å². The molecule has 92 valence electrons. The summed E-state index contributed by atoms with van der Waals surface area (Å²) in [5, 5.41) is 18.6. The van der Waals surface area contributed by atoms with Crippen molar-refractivity contribution in [3.05, 3.63) is 32.9 Å². The highest BCUT2D eigenvalue weighted by Gasteiger charge is 2.20. The van der Waals surface area contributed by atoms with Crippen LogP contribution in [-0.2, 0) is 16.0 Å². The van der Waals surface area contributed by atoms with Crippen molar-refractivity contribution in [2.45, 2.75) is 12.5 Å². The topological polar surface area (TPSA) is 74.6 Å². The van der Waals surface area contributed by atoms with E-state index in [0.717, 1.165) is 3.57 Å². The van der Waals surface area contributed by atoms with Gasteiger partial charge in [0, 0.05) is 9.99 Å². The first-order valence-corrected chi connectivity index (χ1v) is 6.92. The Morgan fingerprint density at radius 3 is 2.59 bits per heavy atom. The third kappa shape index (κ3) is 4.04. The average molecular weight is 413 g/mol. The van der Waals surface area contributed by atoms with E-state index < -0.39 is 12.1 Å². The lowest BCUT2D eigenvalue weighted by Gasteiger charge is -2.12. The number of hydrogen-bond donors (Lipinski definition) is 2. The van der Waals surface area contributed by atoms with E-state index in [2.05, 4.69) is 15.9 Å². The summed E-state index contributed by atoms with van der Waals surface area (Å²) in [6.45, 7) is 0. The first-order valence-electron chi connectivity index (χ1n) is 4.72. The van der Waals surface area contributed by atoms with Crippen molar-refractivity contribution in [3.63, 3.8) is 0 Å². The van der Waals surface area contributed by atoms with Crippen LogP contribution in [0.25, 0.3) is 0 Å². The van der Waals surface area contributed by atoms with Gasteiger partial charge in [-0.15, -0.1) is 0 Å². The quantitative estimate of drug-likeness (QED) is 0.572. The highest BCUT2D eigenvalue weighted by atomic mass is 127. The molecular formula is C11H10BrIO4. The number of rotatable bonds is 5. The number of Topliss-reactive ketones (excluding diaryl/α,β-unsaturated/α-hetero) is 1. The van der Waals surface area contributed by atoms with Crippen LogP contribution in [-0.4, -0.2) is 27.3 Å². The van der Waals surface area contributed by atoms with Crippen LogP contribution < -0.4 is 0 Å². The second kappa shape index (κ2) is 6.46. The molecule has 0 aliphatic carbocycles. The van der Waals surface area contributed by atoms with Crippen molar-refractivity contribution < 1.29 is 19.8 Å². The average Bonchev–Trinajstić information content (AvgIpc) is 2.30. The van der Waals surface area contributed by atoms with E-state index in [-0.39, 0.29) is 23.1 Å². The molecule has 0 saturated heterocycles. The fourth-order valence-corrected chi connectivity index (χ4v) is 2.09. The predicted molar refractivity (Wildman–Crippen MR) is 74.3 cm³/mol. The van der Waals surface area contributed by atoms with Crippen LogP contribution in [0.15, 0.2) is 18.2 Å². The molecule has 0 spiro atoms. The zero-order valence-electron chi connectivity index (χ0n) is 8.69. The number of aliphatic hydroxyl groups excluding tert-OH is 1. The Labute approximate surface area is 120 Å². The highest BCUT2D eigenvalue weighted by molar-refractivity contribution is 14.1. The second-order valence-electron chi connectivity index (χ2n) is 3.43. The number of halogens is 2. The Hall–Kier alpha value is -0.470. The number of ketones is 1. The summed E-state index contributed by atoms with van der Waals surface area (Å²) < 4.78 is 0.813. The molecule has 2 N–H and O–H groups in total. The largest absolute Gasteiger partial charge is 0.479 e. The van der Waals surface area contributed by atoms with Crippen molar-refractivity contribution in [1.82, 2.24) is 0 Å². The number of carbonyl (C=O) groups excluding carboxylic acids is 1. The van der Waals surface area contributed by atoms with Crippen molar-refractivity contribution >= 4 is 50.3 Å². The summed E-state index contributed by atoms with van der Waals surface area (Å²) in [6, 6.07) is 5.02. The monoisotopic (exact) mass is 412 g/mol. The standard InChI is InChI=1S/C11H10BrIO4/c12-5-8(14)3-6-1-2-7(13)4-9(6)10(15)11(16)17/h1-2,4,10,15H,3,5H2,(H,16,17). The van der Waals surface area contributed by atoms with E-state index in [9.17, 15) is 14.7 Å². The molecule has 1 aromatic rings. The first-order chi connectivity index (χ1) is 7.95. The molecule has 17 heavy (non-hydrogen) atoms. The highest BCUT2D eigenvalue weighted by Crippen LogP contribution is 2.22. The van der Waals surface area contributed by atoms with Gasteiger partial charge in [0.1, 0.15) is 5.78 Å². The van der Waals surface area contributed by atoms with Gasteiger partial charge in [0.25, 0.3) is 0 Å². The van der Waals surface area contributed by atoms with Crippen LogP contribution in [0.3, 0.4) is 0 Å². The Kier molecular flexibility index (Phi) is 5.54. The molecule has 1 rings (SSSR count). The molecule has 0 aliphatic rings. The molecule has 1 aromatic carbocycles. The number of carbonyl (C=O) groups is 2. The second-order valence-corrected chi connectivity index (χ2v) is 5.24. The lowest BCUT2D eigenvalue weighted by Crippen LogP contribution is -2.15. The first kappa shape index (κ1) is 14.6. The molecule has 0 amide bonds. The molecular weight excluding hydrogens is 403 g/mol. The van der Waals surface area contributed by atoms with E-state index in [0.29, 0.717) is 5.56 Å². The van der Waals surface area contributed by atoms with E-state index in [1.54, 1.807) is 18.2 Å². The van der Waals surface area contributed by atoms with Gasteiger partial charge < -0.3 is 10.2 Å². The van der Waals surface area contributed by atoms with Crippen molar-refractivity contribution in [1.29, 1.82) is 0 Å². The Morgan fingerprint density at radius 1 is 1.41 bits per heavy atom. The fourth-order valence-electron chi connectivity index (χ4n) is 1.37. The normalized spacial score (nSPS) is 12.2. The van der Waals surface area contributed by atoms with Crippen molar-refractivity contribution in [2.75, 3.05) is 5.33 Å². The molecule has 0 aliphatic heterocycles. The lowest BCUT2D eigenvalue weighted by atomic mass is 9.98. The summed E-state index contributed by atoms with van der Waals surface area (Å²) >= 11 is 5.07. The molecule has 0 heterocycles. The van der Waals surface area contributed by atoms with Gasteiger partial charge >= 0.3 is 5.97 Å². The number of hydrogen-bond acceptors (Lipinski definition) is 3. The van der Waals surface area contributed by atoms with E-state index in [1.807, 2.05) is 22.6 Å². The molecule has 0 radical (unpaired) electrons. The minimum Gasteiger partial charge on any atom is -0.479 e. The minimum absolute atomic E-state index is 0.0648. The zero-order chi connectivity index (χ0) is 13.0. The molecule has 1 atom stereocenters. The summed E-state index contributed by atoms with van der Waals surface area (Å²) in [7, 11) is 0. The van der Waals surface area contributed by atoms with Gasteiger partial charge in [0.05, 0.1) is 5.33 Å². The van der Waals surface area contributed by atoms with Gasteiger partial charge in [0.2, 0.25) is 0 Å². The maximum absolute atomic E-state index is 11.3. The van der Waals surface area contributed by atoms with Gasteiger partial charge in [-0.2, -0.15) is 0 Å². The van der Waals surface area contributed by atoms with Gasteiger partial charge in [-0.05, 0) is 45.9 Å². The van der Waals surface area contributed by atoms with Crippen molar-refractivity contribution in [2.24, 2.45) is 0 Å². The smallest absolute Gasteiger partial charge is 0.337 e. The van der Waals surface area contributed by atoms with Crippen molar-refractivity contribution in [3.8, 4) is 0 Å². The molecule has 4 nitrogen and oxygen atoms in total. The summed E-state index contributed by atoms with van der Waals surface area (Å²) in [5.41, 5.74) is 0.823. The van der Waals surface area contributed by atoms with Gasteiger partial charge in [-0.3, -0.25) is 4.79 Å². The number of carboxylic acids is 1. The van der Waals surface area contributed by atoms with Crippen LogP contribution in [0.1, 0.15) is 17.2 Å². The SMILES string of the molecule is O=C(CBr)Cc1ccc(I)cc1C(O)C(=O)O. The lowest BCUT2D eigenvalue weighted by molar-refractivity contribution is -0.147. The maximum Gasteiger partial charge on any atom is 0.337 e. The van der Waals surface area contributed by atoms with Crippen LogP contribution >= 0.6 is 38.5 Å². The Balaban J connectivity index is 3.12. The Morgan fingerprint density at radius 2 is 2.06 bits per heavy atom. The number of carboxylic acid groups (broad SMARTS) is 1. The number of benzene rings is 1.